The van der Waals surface area contributed by atoms with Crippen molar-refractivity contribution < 1.29 is 17.9 Å². The van der Waals surface area contributed by atoms with E-state index < -0.39 is 10.0 Å². The van der Waals surface area contributed by atoms with Crippen molar-refractivity contribution in [1.29, 1.82) is 0 Å². The summed E-state index contributed by atoms with van der Waals surface area (Å²) in [4.78, 5) is 11.8. The number of carbonyl (C=O) groups is 1. The molecule has 112 valence electrons. The van der Waals surface area contributed by atoms with Crippen molar-refractivity contribution in [2.24, 2.45) is 0 Å². The number of rotatable bonds is 7. The predicted octanol–water partition coefficient (Wildman–Crippen LogP) is 0.378. The first-order valence-electron chi connectivity index (χ1n) is 6.16. The van der Waals surface area contributed by atoms with Crippen molar-refractivity contribution in [1.82, 2.24) is 9.62 Å². The fourth-order valence-corrected chi connectivity index (χ4v) is 2.82. The van der Waals surface area contributed by atoms with Crippen LogP contribution in [0.25, 0.3) is 0 Å². The molecule has 0 aliphatic rings. The average Bonchev–Trinajstić information content (AvgIpc) is 2.39. The highest BCUT2D eigenvalue weighted by Crippen LogP contribution is 2.15. The molecular formula is C13H20N2O4S. The zero-order valence-corrected chi connectivity index (χ0v) is 12.7. The second kappa shape index (κ2) is 7.37. The second-order valence-electron chi connectivity index (χ2n) is 4.42. The summed E-state index contributed by atoms with van der Waals surface area (Å²) in [6.45, 7) is 2.34. The third kappa shape index (κ3) is 4.59. The molecule has 0 aliphatic carbocycles. The molecule has 6 nitrogen and oxygen atoms in total. The van der Waals surface area contributed by atoms with Gasteiger partial charge in [-0.1, -0.05) is 12.1 Å². The number of likely N-dealkylation sites (N-methyl/N-ethyl adjacent to an activating group) is 1. The molecule has 1 rings (SSSR count). The second-order valence-corrected chi connectivity index (χ2v) is 6.47. The molecular weight excluding hydrogens is 280 g/mol. The SMILES string of the molecule is COCCNC(=O)CN(C)S(=O)(=O)c1cccc(C)c1. The van der Waals surface area contributed by atoms with Crippen molar-refractivity contribution >= 4 is 15.9 Å². The Labute approximate surface area is 119 Å². The van der Waals surface area contributed by atoms with Gasteiger partial charge in [-0.3, -0.25) is 4.79 Å². The van der Waals surface area contributed by atoms with Crippen molar-refractivity contribution in [2.45, 2.75) is 11.8 Å². The highest BCUT2D eigenvalue weighted by Gasteiger charge is 2.22. The lowest BCUT2D eigenvalue weighted by atomic mass is 10.2. The molecule has 20 heavy (non-hydrogen) atoms. The first-order valence-corrected chi connectivity index (χ1v) is 7.60. The highest BCUT2D eigenvalue weighted by atomic mass is 32.2. The van der Waals surface area contributed by atoms with E-state index in [9.17, 15) is 13.2 Å². The number of aryl methyl sites for hydroxylation is 1. The molecule has 0 aromatic heterocycles. The molecule has 1 N–H and O–H groups in total. The van der Waals surface area contributed by atoms with Crippen LogP contribution in [0.5, 0.6) is 0 Å². The molecule has 0 saturated heterocycles. The molecule has 0 radical (unpaired) electrons. The van der Waals surface area contributed by atoms with Gasteiger partial charge in [0, 0.05) is 20.7 Å². The lowest BCUT2D eigenvalue weighted by Gasteiger charge is -2.17. The molecule has 1 aromatic rings. The van der Waals surface area contributed by atoms with Crippen LogP contribution in [0.3, 0.4) is 0 Å². The van der Waals surface area contributed by atoms with Crippen LogP contribution in [0, 0.1) is 6.92 Å². The fraction of sp³-hybridized carbons (Fsp3) is 0.462. The molecule has 0 bridgehead atoms. The van der Waals surface area contributed by atoms with Crippen LogP contribution in [0.1, 0.15) is 5.56 Å². The Morgan fingerprint density at radius 1 is 1.40 bits per heavy atom. The van der Waals surface area contributed by atoms with Gasteiger partial charge in [-0.2, -0.15) is 4.31 Å². The Balaban J connectivity index is 2.70. The van der Waals surface area contributed by atoms with E-state index in [-0.39, 0.29) is 17.3 Å². The lowest BCUT2D eigenvalue weighted by molar-refractivity contribution is -0.121. The summed E-state index contributed by atoms with van der Waals surface area (Å²) in [5.74, 6) is -0.360. The van der Waals surface area contributed by atoms with E-state index in [1.807, 2.05) is 13.0 Å². The number of ether oxygens (including phenoxy) is 1. The molecule has 1 aromatic carbocycles. The summed E-state index contributed by atoms with van der Waals surface area (Å²) in [6, 6.07) is 6.58. The number of carbonyl (C=O) groups excluding carboxylic acids is 1. The van der Waals surface area contributed by atoms with E-state index in [2.05, 4.69) is 5.32 Å². The van der Waals surface area contributed by atoms with Gasteiger partial charge in [-0.15, -0.1) is 0 Å². The highest BCUT2D eigenvalue weighted by molar-refractivity contribution is 7.89. The van der Waals surface area contributed by atoms with Crippen molar-refractivity contribution in [2.75, 3.05) is 33.9 Å². The van der Waals surface area contributed by atoms with E-state index in [4.69, 9.17) is 4.74 Å². The minimum absolute atomic E-state index is 0.185. The first kappa shape index (κ1) is 16.6. The molecule has 0 unspecified atom stereocenters. The van der Waals surface area contributed by atoms with Crippen molar-refractivity contribution in [3.63, 3.8) is 0 Å². The molecule has 0 atom stereocenters. The molecule has 0 spiro atoms. The van der Waals surface area contributed by atoms with Gasteiger partial charge in [-0.05, 0) is 24.6 Å². The van der Waals surface area contributed by atoms with E-state index in [1.165, 1.54) is 20.2 Å². The number of amides is 1. The number of sulfonamides is 1. The third-order valence-electron chi connectivity index (χ3n) is 2.69. The molecule has 0 heterocycles. The smallest absolute Gasteiger partial charge is 0.243 e. The van der Waals surface area contributed by atoms with Crippen LogP contribution in [-0.2, 0) is 19.6 Å². The minimum atomic E-state index is -3.65. The summed E-state index contributed by atoms with van der Waals surface area (Å²) < 4.78 is 30.4. The van der Waals surface area contributed by atoms with Gasteiger partial charge in [0.1, 0.15) is 0 Å². The fourth-order valence-electron chi connectivity index (χ4n) is 1.59. The van der Waals surface area contributed by atoms with Crippen LogP contribution in [0.2, 0.25) is 0 Å². The average molecular weight is 300 g/mol. The molecule has 7 heteroatoms. The van der Waals surface area contributed by atoms with Crippen LogP contribution in [0.4, 0.5) is 0 Å². The number of nitrogens with one attached hydrogen (secondary N) is 1. The lowest BCUT2D eigenvalue weighted by Crippen LogP contribution is -2.39. The monoisotopic (exact) mass is 300 g/mol. The number of nitrogens with zero attached hydrogens (tertiary/aromatic N) is 1. The summed E-state index contributed by atoms with van der Waals surface area (Å²) in [5, 5.41) is 2.58. The predicted molar refractivity (Wildman–Crippen MR) is 75.9 cm³/mol. The Morgan fingerprint density at radius 2 is 2.10 bits per heavy atom. The maximum atomic E-state index is 12.3. The normalized spacial score (nSPS) is 11.6. The van der Waals surface area contributed by atoms with Crippen molar-refractivity contribution in [3.8, 4) is 0 Å². The zero-order chi connectivity index (χ0) is 15.2. The first-order chi connectivity index (χ1) is 9.37. The molecule has 0 fully saturated rings. The van der Waals surface area contributed by atoms with Gasteiger partial charge < -0.3 is 10.1 Å². The number of benzene rings is 1. The number of methoxy groups -OCH3 is 1. The van der Waals surface area contributed by atoms with E-state index in [0.717, 1.165) is 9.87 Å². The van der Waals surface area contributed by atoms with Crippen LogP contribution in [0.15, 0.2) is 29.2 Å². The van der Waals surface area contributed by atoms with Gasteiger partial charge in [-0.25, -0.2) is 8.42 Å². The molecule has 1 amide bonds. The molecule has 0 aliphatic heterocycles. The van der Waals surface area contributed by atoms with Gasteiger partial charge in [0.05, 0.1) is 18.0 Å². The maximum Gasteiger partial charge on any atom is 0.243 e. The summed E-state index contributed by atoms with van der Waals surface area (Å²) in [6.07, 6.45) is 0. The van der Waals surface area contributed by atoms with E-state index >= 15 is 0 Å². The molecule has 0 saturated carbocycles. The standard InChI is InChI=1S/C13H20N2O4S/c1-11-5-4-6-12(9-11)20(17,18)15(2)10-13(16)14-7-8-19-3/h4-6,9H,7-8,10H2,1-3H3,(H,14,16). The zero-order valence-electron chi connectivity index (χ0n) is 11.9. The van der Waals surface area contributed by atoms with Crippen molar-refractivity contribution in [3.05, 3.63) is 29.8 Å². The van der Waals surface area contributed by atoms with Gasteiger partial charge in [0.15, 0.2) is 0 Å². The maximum absolute atomic E-state index is 12.3. The van der Waals surface area contributed by atoms with Gasteiger partial charge >= 0.3 is 0 Å². The minimum Gasteiger partial charge on any atom is -0.383 e. The van der Waals surface area contributed by atoms with E-state index in [1.54, 1.807) is 12.1 Å². The summed E-state index contributed by atoms with van der Waals surface area (Å²) >= 11 is 0. The van der Waals surface area contributed by atoms with E-state index in [0.29, 0.717) is 13.2 Å². The number of hydrogen-bond donors (Lipinski definition) is 1. The van der Waals surface area contributed by atoms with Gasteiger partial charge in [0.2, 0.25) is 15.9 Å². The van der Waals surface area contributed by atoms with Crippen LogP contribution in [-0.4, -0.2) is 52.5 Å². The Hall–Kier alpha value is -1.44. The van der Waals surface area contributed by atoms with Gasteiger partial charge in [0.25, 0.3) is 0 Å². The Morgan fingerprint density at radius 3 is 2.70 bits per heavy atom. The van der Waals surface area contributed by atoms with Crippen LogP contribution >= 0.6 is 0 Å². The largest absolute Gasteiger partial charge is 0.383 e. The summed E-state index contributed by atoms with van der Waals surface area (Å²) in [5.41, 5.74) is 0.851. The third-order valence-corrected chi connectivity index (χ3v) is 4.49. The Kier molecular flexibility index (Phi) is 6.12. The van der Waals surface area contributed by atoms with Crippen LogP contribution < -0.4 is 5.32 Å². The topological polar surface area (TPSA) is 75.7 Å². The summed E-state index contributed by atoms with van der Waals surface area (Å²) in [7, 11) is -0.735. The Bertz CT molecular complexity index is 557. The quantitative estimate of drug-likeness (QED) is 0.739. The number of hydrogen-bond acceptors (Lipinski definition) is 4.